The lowest BCUT2D eigenvalue weighted by molar-refractivity contribution is -0.159. The maximum absolute atomic E-state index is 13.7. The number of hydrogen-bond acceptors (Lipinski definition) is 4. The zero-order valence-corrected chi connectivity index (χ0v) is 21.4. The van der Waals surface area contributed by atoms with Crippen molar-refractivity contribution >= 4 is 11.9 Å². The van der Waals surface area contributed by atoms with Crippen LogP contribution in [0.4, 0.5) is 4.79 Å². The summed E-state index contributed by atoms with van der Waals surface area (Å²) in [5.41, 5.74) is 0.825. The minimum absolute atomic E-state index is 0.114. The quantitative estimate of drug-likeness (QED) is 0.693. The van der Waals surface area contributed by atoms with Crippen molar-refractivity contribution in [3.05, 3.63) is 48.0 Å². The molecule has 1 aliphatic heterocycles. The van der Waals surface area contributed by atoms with Crippen LogP contribution in [0.15, 0.2) is 36.7 Å². The van der Waals surface area contributed by atoms with Crippen LogP contribution >= 0.6 is 0 Å². The number of amides is 3. The first-order chi connectivity index (χ1) is 17.4. The smallest absolute Gasteiger partial charge is 0.318 e. The lowest BCUT2D eigenvalue weighted by Crippen LogP contribution is -2.59. The minimum atomic E-state index is -0.380. The summed E-state index contributed by atoms with van der Waals surface area (Å²) in [5.74, 6) is 4.17. The summed E-state index contributed by atoms with van der Waals surface area (Å²) in [7, 11) is 3.57. The average molecular weight is 492 g/mol. The maximum atomic E-state index is 13.7. The van der Waals surface area contributed by atoms with Crippen molar-refractivity contribution in [3.63, 3.8) is 0 Å². The van der Waals surface area contributed by atoms with Gasteiger partial charge in [-0.1, -0.05) is 12.1 Å². The van der Waals surface area contributed by atoms with Gasteiger partial charge < -0.3 is 24.4 Å². The molecule has 0 radical (unpaired) electrons. The van der Waals surface area contributed by atoms with Crippen LogP contribution in [0, 0.1) is 23.2 Å². The van der Waals surface area contributed by atoms with Crippen LogP contribution < -0.4 is 10.1 Å². The van der Waals surface area contributed by atoms with Crippen molar-refractivity contribution in [2.45, 2.75) is 44.6 Å². The molecule has 4 saturated carbocycles. The number of ether oxygens (including phenoxy) is 1. The van der Waals surface area contributed by atoms with Gasteiger partial charge in [-0.25, -0.2) is 9.78 Å². The number of hydrogen-bond donors (Lipinski definition) is 1. The zero-order valence-electron chi connectivity index (χ0n) is 21.4. The van der Waals surface area contributed by atoms with Crippen molar-refractivity contribution < 1.29 is 14.3 Å². The second-order valence-electron chi connectivity index (χ2n) is 11.5. The van der Waals surface area contributed by atoms with Gasteiger partial charge in [0, 0.05) is 45.6 Å². The molecule has 192 valence electrons. The first-order valence-electron chi connectivity index (χ1n) is 13.4. The fraction of sp³-hybridized carbons (Fsp3) is 0.607. The Labute approximate surface area is 213 Å². The van der Waals surface area contributed by atoms with Gasteiger partial charge in [0.05, 0.1) is 12.5 Å². The number of urea groups is 1. The molecular formula is C28H37N5O3. The van der Waals surface area contributed by atoms with E-state index in [2.05, 4.69) is 15.2 Å². The largest absolute Gasteiger partial charge is 0.497 e. The first kappa shape index (κ1) is 23.4. The molecular weight excluding hydrogens is 454 g/mol. The van der Waals surface area contributed by atoms with E-state index in [1.54, 1.807) is 13.3 Å². The molecule has 1 aromatic heterocycles. The lowest BCUT2D eigenvalue weighted by atomic mass is 9.49. The van der Waals surface area contributed by atoms with Crippen molar-refractivity contribution in [1.29, 1.82) is 0 Å². The second kappa shape index (κ2) is 9.12. The number of carbonyl (C=O) groups is 2. The minimum Gasteiger partial charge on any atom is -0.497 e. The van der Waals surface area contributed by atoms with E-state index in [-0.39, 0.29) is 17.5 Å². The SMILES string of the molecule is COc1ccc(C(NC(=O)N2CCN(C(=O)C34CC5CC(CC(C5)C3)C4)CC2)c2nccn2C)cc1. The van der Waals surface area contributed by atoms with Gasteiger partial charge >= 0.3 is 6.03 Å². The van der Waals surface area contributed by atoms with Crippen LogP contribution in [-0.4, -0.2) is 64.6 Å². The summed E-state index contributed by atoms with van der Waals surface area (Å²) >= 11 is 0. The van der Waals surface area contributed by atoms with Gasteiger partial charge in [0.2, 0.25) is 5.91 Å². The summed E-state index contributed by atoms with van der Waals surface area (Å²) in [5, 5.41) is 3.20. The third kappa shape index (κ3) is 4.14. The summed E-state index contributed by atoms with van der Waals surface area (Å²) in [4.78, 5) is 35.5. The number of methoxy groups -OCH3 is 1. The van der Waals surface area contributed by atoms with Gasteiger partial charge in [0.15, 0.2) is 0 Å². The van der Waals surface area contributed by atoms with E-state index in [1.807, 2.05) is 47.0 Å². The molecule has 5 aliphatic rings. The Bertz CT molecular complexity index is 1080. The highest BCUT2D eigenvalue weighted by atomic mass is 16.5. The number of aryl methyl sites for hydroxylation is 1. The molecule has 4 aliphatic carbocycles. The number of imidazole rings is 1. The fourth-order valence-corrected chi connectivity index (χ4v) is 7.78. The van der Waals surface area contributed by atoms with Crippen molar-refractivity contribution in [2.24, 2.45) is 30.2 Å². The molecule has 2 aromatic rings. The number of nitrogens with zero attached hydrogens (tertiary/aromatic N) is 4. The van der Waals surface area contributed by atoms with Gasteiger partial charge in [-0.3, -0.25) is 4.79 Å². The lowest BCUT2D eigenvalue weighted by Gasteiger charge is -2.57. The molecule has 7 rings (SSSR count). The Hall–Kier alpha value is -3.03. The van der Waals surface area contributed by atoms with Crippen molar-refractivity contribution in [2.75, 3.05) is 33.3 Å². The number of rotatable bonds is 5. The molecule has 4 bridgehead atoms. The van der Waals surface area contributed by atoms with Crippen LogP contribution in [0.25, 0.3) is 0 Å². The Morgan fingerprint density at radius 1 is 0.972 bits per heavy atom. The predicted octanol–water partition coefficient (Wildman–Crippen LogP) is 3.59. The molecule has 1 N–H and O–H groups in total. The average Bonchev–Trinajstić information content (AvgIpc) is 3.31. The van der Waals surface area contributed by atoms with E-state index in [4.69, 9.17) is 4.74 Å². The summed E-state index contributed by atoms with van der Waals surface area (Å²) in [6.07, 6.45) is 10.9. The van der Waals surface area contributed by atoms with Crippen LogP contribution in [0.1, 0.15) is 56.0 Å². The topological polar surface area (TPSA) is 79.7 Å². The highest BCUT2D eigenvalue weighted by Crippen LogP contribution is 2.60. The van der Waals surface area contributed by atoms with E-state index >= 15 is 0 Å². The Kier molecular flexibility index (Phi) is 5.92. The Morgan fingerprint density at radius 3 is 2.08 bits per heavy atom. The van der Waals surface area contributed by atoms with E-state index < -0.39 is 0 Å². The van der Waals surface area contributed by atoms with Gasteiger partial charge in [-0.15, -0.1) is 0 Å². The highest BCUT2D eigenvalue weighted by molar-refractivity contribution is 5.84. The summed E-state index contributed by atoms with van der Waals surface area (Å²) in [6.45, 7) is 2.34. The third-order valence-corrected chi connectivity index (χ3v) is 9.18. The van der Waals surface area contributed by atoms with E-state index in [0.717, 1.165) is 54.2 Å². The van der Waals surface area contributed by atoms with E-state index in [1.165, 1.54) is 19.3 Å². The number of benzene rings is 1. The molecule has 5 fully saturated rings. The highest BCUT2D eigenvalue weighted by Gasteiger charge is 2.55. The molecule has 8 heteroatoms. The molecule has 2 heterocycles. The third-order valence-electron chi connectivity index (χ3n) is 9.18. The molecule has 1 unspecified atom stereocenters. The molecule has 3 amide bonds. The molecule has 1 saturated heterocycles. The standard InChI is InChI=1S/C28H37N5O3/c1-31-8-7-29-25(31)24(22-3-5-23(36-2)6-4-22)30-27(35)33-11-9-32(10-12-33)26(34)28-16-19-13-20(17-28)15-21(14-19)18-28/h3-8,19-21,24H,9-18H2,1-2H3,(H,30,35). The monoisotopic (exact) mass is 491 g/mol. The van der Waals surface area contributed by atoms with Gasteiger partial charge in [-0.2, -0.15) is 0 Å². The summed E-state index contributed by atoms with van der Waals surface area (Å²) < 4.78 is 7.22. The van der Waals surface area contributed by atoms with Crippen LogP contribution in [0.5, 0.6) is 5.75 Å². The maximum Gasteiger partial charge on any atom is 0.318 e. The van der Waals surface area contributed by atoms with Crippen LogP contribution in [0.2, 0.25) is 0 Å². The van der Waals surface area contributed by atoms with E-state index in [9.17, 15) is 9.59 Å². The van der Waals surface area contributed by atoms with Gasteiger partial charge in [0.25, 0.3) is 0 Å². The Balaban J connectivity index is 1.11. The van der Waals surface area contributed by atoms with Crippen LogP contribution in [-0.2, 0) is 11.8 Å². The van der Waals surface area contributed by atoms with Gasteiger partial charge in [-0.05, 0) is 74.0 Å². The van der Waals surface area contributed by atoms with Crippen molar-refractivity contribution in [1.82, 2.24) is 24.7 Å². The second-order valence-corrected chi connectivity index (χ2v) is 11.5. The Morgan fingerprint density at radius 2 is 1.56 bits per heavy atom. The first-order valence-corrected chi connectivity index (χ1v) is 13.4. The zero-order chi connectivity index (χ0) is 24.9. The molecule has 0 spiro atoms. The predicted molar refractivity (Wildman–Crippen MR) is 135 cm³/mol. The fourth-order valence-electron chi connectivity index (χ4n) is 7.78. The number of nitrogens with one attached hydrogen (secondary N) is 1. The summed E-state index contributed by atoms with van der Waals surface area (Å²) in [6, 6.07) is 7.20. The molecule has 8 nitrogen and oxygen atoms in total. The molecule has 1 atom stereocenters. The van der Waals surface area contributed by atoms with Crippen LogP contribution in [0.3, 0.4) is 0 Å². The number of piperazine rings is 1. The molecule has 36 heavy (non-hydrogen) atoms. The normalized spacial score (nSPS) is 29.8. The van der Waals surface area contributed by atoms with Gasteiger partial charge in [0.1, 0.15) is 17.6 Å². The molecule has 1 aromatic carbocycles. The number of aromatic nitrogens is 2. The van der Waals surface area contributed by atoms with E-state index in [0.29, 0.717) is 32.1 Å². The van der Waals surface area contributed by atoms with Crippen molar-refractivity contribution in [3.8, 4) is 5.75 Å². The number of carbonyl (C=O) groups excluding carboxylic acids is 2.